The van der Waals surface area contributed by atoms with Crippen LogP contribution in [0.1, 0.15) is 22.3 Å². The van der Waals surface area contributed by atoms with Gasteiger partial charge in [-0.05, 0) is 47.6 Å². The monoisotopic (exact) mass is 309 g/mol. The van der Waals surface area contributed by atoms with Gasteiger partial charge in [0.1, 0.15) is 5.82 Å². The van der Waals surface area contributed by atoms with Crippen LogP contribution in [-0.2, 0) is 4.79 Å². The second-order valence-corrected chi connectivity index (χ2v) is 6.00. The Morgan fingerprint density at radius 1 is 1.48 bits per heavy atom. The Balaban J connectivity index is 2.04. The minimum absolute atomic E-state index is 0.0619. The Morgan fingerprint density at radius 2 is 2.29 bits per heavy atom. The van der Waals surface area contributed by atoms with Crippen molar-refractivity contribution in [2.45, 2.75) is 6.42 Å². The van der Waals surface area contributed by atoms with Crippen molar-refractivity contribution < 1.29 is 19.1 Å². The number of hydrogen-bond donors (Lipinski definition) is 2. The molecule has 1 amide bonds. The Kier molecular flexibility index (Phi) is 5.38. The molecule has 0 spiro atoms. The molecule has 1 unspecified atom stereocenters. The summed E-state index contributed by atoms with van der Waals surface area (Å²) in [6.07, 6.45) is 3.34. The average molecular weight is 309 g/mol. The number of aliphatic carboxylic acids is 1. The van der Waals surface area contributed by atoms with E-state index < -0.39 is 17.7 Å². The summed E-state index contributed by atoms with van der Waals surface area (Å²) in [7, 11) is 0. The highest BCUT2D eigenvalue weighted by atomic mass is 32.2. The summed E-state index contributed by atoms with van der Waals surface area (Å²) in [5.41, 5.74) is 0.411. The van der Waals surface area contributed by atoms with Crippen molar-refractivity contribution in [2.24, 2.45) is 5.92 Å². The summed E-state index contributed by atoms with van der Waals surface area (Å²) >= 11 is 1.85. The number of benzene rings is 1. The van der Waals surface area contributed by atoms with Crippen LogP contribution in [0.5, 0.6) is 0 Å². The molecule has 0 bridgehead atoms. The maximum absolute atomic E-state index is 13.7. The number of halogens is 1. The molecule has 0 aromatic heterocycles. The molecule has 112 valence electrons. The standard InChI is InChI=1S/C15H16FNO3S/c16-13-3-1-10(2-4-14(18)19)7-12(13)15(20)17-8-11-5-6-21-9-11/h1-4,7,11H,5-6,8-9H2,(H,17,20)(H,18,19)/b4-2+. The number of thioether (sulfide) groups is 1. The zero-order valence-corrected chi connectivity index (χ0v) is 12.2. The summed E-state index contributed by atoms with van der Waals surface area (Å²) in [4.78, 5) is 22.5. The predicted octanol–water partition coefficient (Wildman–Crippen LogP) is 2.41. The van der Waals surface area contributed by atoms with Gasteiger partial charge in [-0.15, -0.1) is 0 Å². The van der Waals surface area contributed by atoms with Crippen molar-refractivity contribution in [3.63, 3.8) is 0 Å². The van der Waals surface area contributed by atoms with Gasteiger partial charge in [-0.3, -0.25) is 4.79 Å². The first-order valence-corrected chi connectivity index (χ1v) is 7.78. The van der Waals surface area contributed by atoms with Gasteiger partial charge in [-0.25, -0.2) is 9.18 Å². The van der Waals surface area contributed by atoms with Crippen molar-refractivity contribution >= 4 is 29.7 Å². The maximum atomic E-state index is 13.7. The Hall–Kier alpha value is -1.82. The molecule has 1 atom stereocenters. The lowest BCUT2D eigenvalue weighted by Gasteiger charge is -2.11. The topological polar surface area (TPSA) is 66.4 Å². The summed E-state index contributed by atoms with van der Waals surface area (Å²) in [6, 6.07) is 3.95. The van der Waals surface area contributed by atoms with Crippen molar-refractivity contribution in [1.29, 1.82) is 0 Å². The molecule has 1 saturated heterocycles. The Labute approximate surface area is 126 Å². The number of carboxylic acids is 1. The van der Waals surface area contributed by atoms with E-state index in [1.54, 1.807) is 0 Å². The highest BCUT2D eigenvalue weighted by Gasteiger charge is 2.18. The third-order valence-electron chi connectivity index (χ3n) is 3.23. The van der Waals surface area contributed by atoms with Crippen LogP contribution in [0, 0.1) is 11.7 Å². The van der Waals surface area contributed by atoms with Gasteiger partial charge in [0, 0.05) is 12.6 Å². The lowest BCUT2D eigenvalue weighted by Crippen LogP contribution is -2.30. The van der Waals surface area contributed by atoms with Crippen LogP contribution in [0.4, 0.5) is 4.39 Å². The average Bonchev–Trinajstić information content (AvgIpc) is 2.97. The van der Waals surface area contributed by atoms with Gasteiger partial charge in [-0.2, -0.15) is 11.8 Å². The smallest absolute Gasteiger partial charge is 0.328 e. The van der Waals surface area contributed by atoms with Crippen LogP contribution in [-0.4, -0.2) is 35.0 Å². The number of carbonyl (C=O) groups is 2. The van der Waals surface area contributed by atoms with E-state index in [0.29, 0.717) is 18.0 Å². The summed E-state index contributed by atoms with van der Waals surface area (Å²) in [5.74, 6) is 0.394. The molecule has 1 aromatic rings. The second kappa shape index (κ2) is 7.26. The molecule has 0 radical (unpaired) electrons. The molecule has 2 N–H and O–H groups in total. The quantitative estimate of drug-likeness (QED) is 0.820. The van der Waals surface area contributed by atoms with Gasteiger partial charge in [-0.1, -0.05) is 6.07 Å². The van der Waals surface area contributed by atoms with Crippen LogP contribution in [0.3, 0.4) is 0 Å². The summed E-state index contributed by atoms with van der Waals surface area (Å²) in [5, 5.41) is 11.3. The summed E-state index contributed by atoms with van der Waals surface area (Å²) in [6.45, 7) is 0.542. The summed E-state index contributed by atoms with van der Waals surface area (Å²) < 4.78 is 13.7. The van der Waals surface area contributed by atoms with Crippen molar-refractivity contribution in [3.8, 4) is 0 Å². The van der Waals surface area contributed by atoms with Crippen LogP contribution >= 0.6 is 11.8 Å². The van der Waals surface area contributed by atoms with Crippen molar-refractivity contribution in [1.82, 2.24) is 5.32 Å². The zero-order chi connectivity index (χ0) is 15.2. The largest absolute Gasteiger partial charge is 0.478 e. The first-order chi connectivity index (χ1) is 10.1. The molecule has 4 nitrogen and oxygen atoms in total. The van der Waals surface area contributed by atoms with Crippen LogP contribution in [0.25, 0.3) is 6.08 Å². The van der Waals surface area contributed by atoms with E-state index in [4.69, 9.17) is 5.11 Å². The van der Waals surface area contributed by atoms with E-state index in [9.17, 15) is 14.0 Å². The molecular weight excluding hydrogens is 293 g/mol. The molecule has 1 heterocycles. The van der Waals surface area contributed by atoms with E-state index in [-0.39, 0.29) is 5.56 Å². The van der Waals surface area contributed by atoms with Crippen molar-refractivity contribution in [2.75, 3.05) is 18.1 Å². The fraction of sp³-hybridized carbons (Fsp3) is 0.333. The van der Waals surface area contributed by atoms with Crippen LogP contribution < -0.4 is 5.32 Å². The number of rotatable bonds is 5. The highest BCUT2D eigenvalue weighted by Crippen LogP contribution is 2.22. The number of nitrogens with one attached hydrogen (secondary N) is 1. The SMILES string of the molecule is O=C(O)/C=C/c1ccc(F)c(C(=O)NCC2CCSC2)c1. The first-order valence-electron chi connectivity index (χ1n) is 6.63. The predicted molar refractivity (Wildman–Crippen MR) is 80.8 cm³/mol. The van der Waals surface area contributed by atoms with Gasteiger partial charge < -0.3 is 10.4 Å². The van der Waals surface area contributed by atoms with E-state index in [2.05, 4.69) is 5.32 Å². The molecule has 21 heavy (non-hydrogen) atoms. The third-order valence-corrected chi connectivity index (χ3v) is 4.46. The lowest BCUT2D eigenvalue weighted by molar-refractivity contribution is -0.131. The van der Waals surface area contributed by atoms with Gasteiger partial charge in [0.15, 0.2) is 0 Å². The number of amides is 1. The van der Waals surface area contributed by atoms with Crippen LogP contribution in [0.2, 0.25) is 0 Å². The molecule has 1 aromatic carbocycles. The molecule has 1 aliphatic rings. The van der Waals surface area contributed by atoms with E-state index >= 15 is 0 Å². The minimum Gasteiger partial charge on any atom is -0.478 e. The Bertz CT molecular complexity index is 568. The van der Waals surface area contributed by atoms with Gasteiger partial charge >= 0.3 is 5.97 Å². The maximum Gasteiger partial charge on any atom is 0.328 e. The first kappa shape index (κ1) is 15.6. The Morgan fingerprint density at radius 3 is 2.95 bits per heavy atom. The fourth-order valence-corrected chi connectivity index (χ4v) is 3.35. The molecule has 0 aliphatic carbocycles. The third kappa shape index (κ3) is 4.60. The van der Waals surface area contributed by atoms with Crippen molar-refractivity contribution in [3.05, 3.63) is 41.2 Å². The van der Waals surface area contributed by atoms with Crippen LogP contribution in [0.15, 0.2) is 24.3 Å². The highest BCUT2D eigenvalue weighted by molar-refractivity contribution is 7.99. The molecule has 1 fully saturated rings. The number of hydrogen-bond acceptors (Lipinski definition) is 3. The van der Waals surface area contributed by atoms with E-state index in [1.807, 2.05) is 11.8 Å². The molecule has 1 aliphatic heterocycles. The molecule has 6 heteroatoms. The normalized spacial score (nSPS) is 18.0. The zero-order valence-electron chi connectivity index (χ0n) is 11.3. The molecule has 0 saturated carbocycles. The second-order valence-electron chi connectivity index (χ2n) is 4.85. The number of carbonyl (C=O) groups excluding carboxylic acids is 1. The minimum atomic E-state index is -1.09. The molecule has 2 rings (SSSR count). The van der Waals surface area contributed by atoms with Gasteiger partial charge in [0.25, 0.3) is 5.91 Å². The number of carboxylic acid groups (broad SMARTS) is 1. The van der Waals surface area contributed by atoms with Gasteiger partial charge in [0.2, 0.25) is 0 Å². The van der Waals surface area contributed by atoms with E-state index in [1.165, 1.54) is 24.3 Å². The fourth-order valence-electron chi connectivity index (χ4n) is 2.06. The van der Waals surface area contributed by atoms with E-state index in [0.717, 1.165) is 24.0 Å². The lowest BCUT2D eigenvalue weighted by atomic mass is 10.1. The molecular formula is C15H16FNO3S. The van der Waals surface area contributed by atoms with Gasteiger partial charge in [0.05, 0.1) is 5.56 Å².